The van der Waals surface area contributed by atoms with E-state index in [2.05, 4.69) is 126 Å². The van der Waals surface area contributed by atoms with E-state index in [4.69, 9.17) is 9.40 Å². The van der Waals surface area contributed by atoms with E-state index >= 15 is 0 Å². The zero-order valence-electron chi connectivity index (χ0n) is 31.1. The van der Waals surface area contributed by atoms with Crippen LogP contribution < -0.4 is 4.40 Å². The van der Waals surface area contributed by atoms with Gasteiger partial charge in [0.25, 0.3) is 0 Å². The Morgan fingerprint density at radius 1 is 0.808 bits per heavy atom. The van der Waals surface area contributed by atoms with Crippen LogP contribution >= 0.6 is 0 Å². The normalized spacial score (nSPS) is 11.8. The van der Waals surface area contributed by atoms with Crippen LogP contribution in [-0.2, 0) is 31.9 Å². The van der Waals surface area contributed by atoms with Gasteiger partial charge in [0.2, 0.25) is 5.71 Å². The molecule has 0 saturated carbocycles. The van der Waals surface area contributed by atoms with E-state index in [-0.39, 0.29) is 25.5 Å². The van der Waals surface area contributed by atoms with Crippen LogP contribution in [0.15, 0.2) is 114 Å². The summed E-state index contributed by atoms with van der Waals surface area (Å²) in [6.07, 6.45) is 3.19. The minimum atomic E-state index is -1.80. The Kier molecular flexibility index (Phi) is 10.7. The zero-order valence-corrected chi connectivity index (χ0v) is 35.6. The van der Waals surface area contributed by atoms with Crippen molar-refractivity contribution in [1.82, 2.24) is 19.5 Å². The van der Waals surface area contributed by atoms with Crippen LogP contribution in [0.3, 0.4) is 0 Å². The van der Waals surface area contributed by atoms with Gasteiger partial charge in [0.05, 0.1) is 22.4 Å². The molecule has 0 atom stereocenters. The molecule has 8 aromatic rings. The van der Waals surface area contributed by atoms with Gasteiger partial charge in [-0.2, -0.15) is 0 Å². The maximum absolute atomic E-state index is 6.27. The van der Waals surface area contributed by atoms with Gasteiger partial charge in [0, 0.05) is 36.9 Å². The van der Waals surface area contributed by atoms with E-state index in [1.54, 1.807) is 0 Å². The minimum absolute atomic E-state index is 0. The zero-order chi connectivity index (χ0) is 35.9. The number of fused-ring (bicyclic) bond motifs is 4. The molecule has 0 aliphatic rings. The maximum Gasteiger partial charge on any atom is 0.216 e. The van der Waals surface area contributed by atoms with Crippen LogP contribution in [-0.4, -0.2) is 32.8 Å². The van der Waals surface area contributed by atoms with Crippen molar-refractivity contribution in [2.24, 2.45) is 0 Å². The van der Waals surface area contributed by atoms with Gasteiger partial charge in [0.1, 0.15) is 0 Å². The Morgan fingerprint density at radius 2 is 1.56 bits per heavy atom. The summed E-state index contributed by atoms with van der Waals surface area (Å²) in [6.45, 7) is 10.9. The van der Waals surface area contributed by atoms with Gasteiger partial charge in [0.15, 0.2) is 0 Å². The van der Waals surface area contributed by atoms with Gasteiger partial charge < -0.3 is 8.98 Å². The standard InChI is InChI=1S/C29H24N3O.C16H20GeN.Ir/c1-18-12-17-22-21-8-7-9-23(26(21)33-28(22)30-18)27-31-24-10-5-6-11-25(24)32(27)20-15-13-19(14-16-20)29(2,3)4;1-5-13-11-16(14-9-7-6-8-10-14)18-12-15(13)17(2,3)4;/h5-8,10-17H,1-4H3;6-9,11-12H,5H2,1-4H3;/q2*-1;. The molecular formula is C45H44GeIrN4O-2. The number of para-hydroxylation sites is 2. The second-order valence-corrected chi connectivity index (χ2v) is 25.7. The van der Waals surface area contributed by atoms with E-state index in [0.29, 0.717) is 5.71 Å². The molecule has 4 heterocycles. The Labute approximate surface area is 323 Å². The van der Waals surface area contributed by atoms with Crippen LogP contribution in [0.1, 0.15) is 44.5 Å². The molecule has 4 aromatic heterocycles. The first-order chi connectivity index (χ1) is 24.4. The van der Waals surface area contributed by atoms with Crippen LogP contribution in [0, 0.1) is 19.1 Å². The number of benzene rings is 4. The molecule has 0 unspecified atom stereocenters. The molecule has 0 spiro atoms. The quantitative estimate of drug-likeness (QED) is 0.127. The van der Waals surface area contributed by atoms with Crippen LogP contribution in [0.25, 0.3) is 61.4 Å². The molecule has 265 valence electrons. The van der Waals surface area contributed by atoms with Gasteiger partial charge in [-0.3, -0.25) is 4.98 Å². The van der Waals surface area contributed by atoms with Crippen molar-refractivity contribution in [3.63, 3.8) is 0 Å². The second kappa shape index (κ2) is 14.9. The number of aromatic nitrogens is 4. The first-order valence-corrected chi connectivity index (χ1v) is 25.0. The Balaban J connectivity index is 0.000000208. The molecule has 0 N–H and O–H groups in total. The van der Waals surface area contributed by atoms with E-state index in [1.165, 1.54) is 15.5 Å². The number of aryl methyl sites for hydroxylation is 2. The summed E-state index contributed by atoms with van der Waals surface area (Å²) in [4.78, 5) is 14.3. The van der Waals surface area contributed by atoms with Crippen molar-refractivity contribution in [1.29, 1.82) is 0 Å². The van der Waals surface area contributed by atoms with E-state index in [1.807, 2.05) is 61.5 Å². The largest absolute Gasteiger partial charge is 0.486 e. The third kappa shape index (κ3) is 7.43. The number of rotatable bonds is 5. The number of furan rings is 1. The molecule has 0 amide bonds. The number of hydrogen-bond acceptors (Lipinski definition) is 4. The van der Waals surface area contributed by atoms with Crippen molar-refractivity contribution >= 4 is 50.8 Å². The maximum atomic E-state index is 6.27. The predicted octanol–water partition coefficient (Wildman–Crippen LogP) is 11.0. The average molecular weight is 922 g/mol. The second-order valence-electron chi connectivity index (χ2n) is 15.2. The van der Waals surface area contributed by atoms with Gasteiger partial charge in [-0.05, 0) is 54.3 Å². The smallest absolute Gasteiger partial charge is 0.216 e. The third-order valence-corrected chi connectivity index (χ3v) is 13.7. The number of nitrogens with zero attached hydrogens (tertiary/aromatic N) is 4. The Morgan fingerprint density at radius 3 is 2.25 bits per heavy atom. The number of hydrogen-bond donors (Lipinski definition) is 0. The van der Waals surface area contributed by atoms with Crippen LogP contribution in [0.5, 0.6) is 0 Å². The van der Waals surface area contributed by atoms with E-state index in [0.717, 1.165) is 67.8 Å². The fourth-order valence-electron chi connectivity index (χ4n) is 6.61. The summed E-state index contributed by atoms with van der Waals surface area (Å²) in [5.74, 6) is 8.07. The van der Waals surface area contributed by atoms with Crippen molar-refractivity contribution in [3.05, 3.63) is 138 Å². The molecule has 7 heteroatoms. The molecule has 8 rings (SSSR count). The van der Waals surface area contributed by atoms with E-state index in [9.17, 15) is 0 Å². The summed E-state index contributed by atoms with van der Waals surface area (Å²) in [7, 11) is 0. The van der Waals surface area contributed by atoms with Gasteiger partial charge in [-0.25, -0.2) is 4.98 Å². The SMILES string of the molecule is CCc1cc(-c2[c-]cccc2)nc[c]1[Ge]([CH3])([CH3])[CH3].Cc1ccc2c(n1)oc1c(-c3nc4ccccc4n3-c3ccc(C(C)(C)C)cc3)[c-]ccc12.[Ir]. The van der Waals surface area contributed by atoms with Gasteiger partial charge >= 0.3 is 113 Å². The first kappa shape index (κ1) is 37.4. The minimum Gasteiger partial charge on any atom is -0.486 e. The molecule has 0 fully saturated rings. The summed E-state index contributed by atoms with van der Waals surface area (Å²) in [5.41, 5.74) is 11.2. The Hall–Kier alpha value is -4.36. The summed E-state index contributed by atoms with van der Waals surface area (Å²) in [5, 5.41) is 2.02. The monoisotopic (exact) mass is 923 g/mol. The summed E-state index contributed by atoms with van der Waals surface area (Å²) < 4.78 is 9.99. The molecule has 52 heavy (non-hydrogen) atoms. The third-order valence-electron chi connectivity index (χ3n) is 9.38. The first-order valence-electron chi connectivity index (χ1n) is 17.7. The fourth-order valence-corrected chi connectivity index (χ4v) is 10.1. The number of imidazole rings is 1. The van der Waals surface area contributed by atoms with Crippen molar-refractivity contribution < 1.29 is 24.5 Å². The predicted molar refractivity (Wildman–Crippen MR) is 215 cm³/mol. The van der Waals surface area contributed by atoms with Crippen molar-refractivity contribution in [2.45, 2.75) is 63.7 Å². The Bertz CT molecular complexity index is 2490. The van der Waals surface area contributed by atoms with Crippen LogP contribution in [0.4, 0.5) is 0 Å². The molecule has 1 radical (unpaired) electrons. The molecular weight excluding hydrogens is 877 g/mol. The van der Waals surface area contributed by atoms with Crippen molar-refractivity contribution in [3.8, 4) is 28.3 Å². The molecule has 0 bridgehead atoms. The molecule has 0 aliphatic carbocycles. The summed E-state index contributed by atoms with van der Waals surface area (Å²) in [6, 6.07) is 42.0. The molecule has 4 aromatic carbocycles. The van der Waals surface area contributed by atoms with Gasteiger partial charge in [-0.15, -0.1) is 18.2 Å². The number of pyridine rings is 2. The fraction of sp³-hybridized carbons (Fsp3) is 0.222. The molecule has 0 saturated heterocycles. The molecule has 0 aliphatic heterocycles. The summed E-state index contributed by atoms with van der Waals surface area (Å²) >= 11 is -1.80. The van der Waals surface area contributed by atoms with E-state index < -0.39 is 13.3 Å². The van der Waals surface area contributed by atoms with Crippen LogP contribution in [0.2, 0.25) is 17.3 Å². The topological polar surface area (TPSA) is 56.7 Å². The van der Waals surface area contributed by atoms with Crippen molar-refractivity contribution in [2.75, 3.05) is 0 Å². The van der Waals surface area contributed by atoms with Gasteiger partial charge in [-0.1, -0.05) is 56.0 Å². The average Bonchev–Trinajstić information content (AvgIpc) is 3.69. The molecule has 5 nitrogen and oxygen atoms in total.